The SMILES string of the molecule is CC(CN1CCCCC1)NS(=O)(=O)c1cc(Br)cnc1Cl. The second kappa shape index (κ2) is 7.37. The van der Waals surface area contributed by atoms with Crippen LogP contribution >= 0.6 is 27.5 Å². The van der Waals surface area contributed by atoms with E-state index in [9.17, 15) is 8.42 Å². The molecule has 0 aromatic carbocycles. The molecule has 1 N–H and O–H groups in total. The Morgan fingerprint density at radius 1 is 1.43 bits per heavy atom. The number of hydrogen-bond donors (Lipinski definition) is 1. The van der Waals surface area contributed by atoms with Gasteiger partial charge in [0.05, 0.1) is 0 Å². The Morgan fingerprint density at radius 2 is 2.10 bits per heavy atom. The van der Waals surface area contributed by atoms with Gasteiger partial charge in [-0.1, -0.05) is 18.0 Å². The molecule has 5 nitrogen and oxygen atoms in total. The molecular weight excluding hydrogens is 378 g/mol. The molecule has 1 atom stereocenters. The molecule has 0 radical (unpaired) electrons. The van der Waals surface area contributed by atoms with Crippen molar-refractivity contribution in [2.24, 2.45) is 0 Å². The van der Waals surface area contributed by atoms with E-state index in [-0.39, 0.29) is 16.1 Å². The van der Waals surface area contributed by atoms with Crippen molar-refractivity contribution in [3.63, 3.8) is 0 Å². The predicted molar refractivity (Wildman–Crippen MR) is 87.0 cm³/mol. The normalized spacial score (nSPS) is 18.6. The van der Waals surface area contributed by atoms with Crippen LogP contribution in [0, 0.1) is 0 Å². The van der Waals surface area contributed by atoms with Gasteiger partial charge in [0.2, 0.25) is 10.0 Å². The number of aromatic nitrogens is 1. The number of hydrogen-bond acceptors (Lipinski definition) is 4. The number of halogens is 2. The Morgan fingerprint density at radius 3 is 2.76 bits per heavy atom. The molecule has 1 fully saturated rings. The van der Waals surface area contributed by atoms with Gasteiger partial charge < -0.3 is 4.90 Å². The summed E-state index contributed by atoms with van der Waals surface area (Å²) >= 11 is 9.11. The maximum absolute atomic E-state index is 12.4. The lowest BCUT2D eigenvalue weighted by molar-refractivity contribution is 0.215. The van der Waals surface area contributed by atoms with E-state index < -0.39 is 10.0 Å². The van der Waals surface area contributed by atoms with Gasteiger partial charge in [-0.15, -0.1) is 0 Å². The first-order chi connectivity index (χ1) is 9.88. The van der Waals surface area contributed by atoms with Gasteiger partial charge in [0.25, 0.3) is 0 Å². The molecule has 1 aromatic rings. The molecule has 0 aliphatic carbocycles. The molecule has 118 valence electrons. The Bertz CT molecular complexity index is 591. The van der Waals surface area contributed by atoms with Gasteiger partial charge in [-0.25, -0.2) is 18.1 Å². The summed E-state index contributed by atoms with van der Waals surface area (Å²) in [6.07, 6.45) is 5.09. The largest absolute Gasteiger partial charge is 0.302 e. The number of rotatable bonds is 5. The van der Waals surface area contributed by atoms with Gasteiger partial charge in [0.1, 0.15) is 10.0 Å². The zero-order valence-corrected chi connectivity index (χ0v) is 15.0. The highest BCUT2D eigenvalue weighted by Gasteiger charge is 2.23. The van der Waals surface area contributed by atoms with Crippen molar-refractivity contribution in [2.75, 3.05) is 19.6 Å². The van der Waals surface area contributed by atoms with Crippen molar-refractivity contribution in [3.05, 3.63) is 21.9 Å². The van der Waals surface area contributed by atoms with E-state index in [1.54, 1.807) is 0 Å². The highest BCUT2D eigenvalue weighted by molar-refractivity contribution is 9.10. The van der Waals surface area contributed by atoms with Gasteiger partial charge in [0, 0.05) is 23.3 Å². The molecule has 1 saturated heterocycles. The summed E-state index contributed by atoms with van der Waals surface area (Å²) < 4.78 is 28.0. The molecule has 0 bridgehead atoms. The van der Waals surface area contributed by atoms with E-state index >= 15 is 0 Å². The number of likely N-dealkylation sites (tertiary alicyclic amines) is 1. The first kappa shape index (κ1) is 17.1. The maximum Gasteiger partial charge on any atom is 0.243 e. The fourth-order valence-corrected chi connectivity index (χ4v) is 4.67. The first-order valence-electron chi connectivity index (χ1n) is 6.94. The molecule has 0 amide bonds. The van der Waals surface area contributed by atoms with Gasteiger partial charge in [-0.05, 0) is 54.9 Å². The van der Waals surface area contributed by atoms with Crippen molar-refractivity contribution in [3.8, 4) is 0 Å². The molecule has 8 heteroatoms. The van der Waals surface area contributed by atoms with Crippen LogP contribution in [0.25, 0.3) is 0 Å². The van der Waals surface area contributed by atoms with Crippen molar-refractivity contribution >= 4 is 37.6 Å². The van der Waals surface area contributed by atoms with E-state index in [1.807, 2.05) is 6.92 Å². The molecule has 1 aliphatic heterocycles. The molecule has 21 heavy (non-hydrogen) atoms. The highest BCUT2D eigenvalue weighted by Crippen LogP contribution is 2.22. The van der Waals surface area contributed by atoms with Crippen LogP contribution in [0.4, 0.5) is 0 Å². The Kier molecular flexibility index (Phi) is 6.02. The predicted octanol–water partition coefficient (Wildman–Crippen LogP) is 2.65. The number of nitrogens with zero attached hydrogens (tertiary/aromatic N) is 2. The second-order valence-corrected chi connectivity index (χ2v) is 8.28. The van der Waals surface area contributed by atoms with Crippen LogP contribution in [0.15, 0.2) is 21.6 Å². The molecule has 0 spiro atoms. The lowest BCUT2D eigenvalue weighted by atomic mass is 10.1. The Balaban J connectivity index is 2.04. The molecule has 2 rings (SSSR count). The monoisotopic (exact) mass is 395 g/mol. The number of nitrogens with one attached hydrogen (secondary N) is 1. The number of piperidine rings is 1. The minimum atomic E-state index is -3.66. The summed E-state index contributed by atoms with van der Waals surface area (Å²) in [6.45, 7) is 4.64. The summed E-state index contributed by atoms with van der Waals surface area (Å²) in [6, 6.07) is 1.29. The number of pyridine rings is 1. The second-order valence-electron chi connectivity index (χ2n) is 5.33. The highest BCUT2D eigenvalue weighted by atomic mass is 79.9. The lowest BCUT2D eigenvalue weighted by Crippen LogP contribution is -2.43. The third kappa shape index (κ3) is 4.89. The standard InChI is InChI=1S/C13H19BrClN3O2S/c1-10(9-18-5-3-2-4-6-18)17-21(19,20)12-7-11(14)8-16-13(12)15/h7-8,10,17H,2-6,9H2,1H3. The third-order valence-electron chi connectivity index (χ3n) is 3.40. The van der Waals surface area contributed by atoms with E-state index in [0.29, 0.717) is 11.0 Å². The van der Waals surface area contributed by atoms with Gasteiger partial charge in [0.15, 0.2) is 0 Å². The Hall–Kier alpha value is -0.210. The topological polar surface area (TPSA) is 62.3 Å². The third-order valence-corrected chi connectivity index (χ3v) is 5.85. The summed E-state index contributed by atoms with van der Waals surface area (Å²) in [5, 5.41) is -0.0177. The van der Waals surface area contributed by atoms with E-state index in [1.165, 1.54) is 31.5 Å². The van der Waals surface area contributed by atoms with Gasteiger partial charge in [-0.2, -0.15) is 0 Å². The minimum absolute atomic E-state index is 0.00374. The summed E-state index contributed by atoms with van der Waals surface area (Å²) in [5.74, 6) is 0. The van der Waals surface area contributed by atoms with Crippen LogP contribution in [-0.2, 0) is 10.0 Å². The van der Waals surface area contributed by atoms with Crippen LogP contribution in [0.2, 0.25) is 5.15 Å². The average Bonchev–Trinajstić information content (AvgIpc) is 2.41. The lowest BCUT2D eigenvalue weighted by Gasteiger charge is -2.29. The molecular formula is C13H19BrClN3O2S. The molecule has 2 heterocycles. The van der Waals surface area contributed by atoms with Gasteiger partial charge in [-0.3, -0.25) is 0 Å². The summed E-state index contributed by atoms with van der Waals surface area (Å²) in [5.41, 5.74) is 0. The zero-order valence-electron chi connectivity index (χ0n) is 11.8. The van der Waals surface area contributed by atoms with Crippen molar-refractivity contribution in [2.45, 2.75) is 37.1 Å². The van der Waals surface area contributed by atoms with Crippen LogP contribution < -0.4 is 4.72 Å². The molecule has 1 aliphatic rings. The molecule has 1 aromatic heterocycles. The van der Waals surface area contributed by atoms with Crippen molar-refractivity contribution < 1.29 is 8.42 Å². The van der Waals surface area contributed by atoms with Crippen LogP contribution in [0.3, 0.4) is 0 Å². The van der Waals surface area contributed by atoms with E-state index in [2.05, 4.69) is 30.5 Å². The molecule has 0 saturated carbocycles. The van der Waals surface area contributed by atoms with Crippen LogP contribution in [-0.4, -0.2) is 44.0 Å². The van der Waals surface area contributed by atoms with Crippen LogP contribution in [0.5, 0.6) is 0 Å². The Labute approximate surface area is 139 Å². The fourth-order valence-electron chi connectivity index (χ4n) is 2.49. The summed E-state index contributed by atoms with van der Waals surface area (Å²) in [4.78, 5) is 6.15. The minimum Gasteiger partial charge on any atom is -0.302 e. The van der Waals surface area contributed by atoms with E-state index in [4.69, 9.17) is 11.6 Å². The van der Waals surface area contributed by atoms with Gasteiger partial charge >= 0.3 is 0 Å². The smallest absolute Gasteiger partial charge is 0.243 e. The molecule has 1 unspecified atom stereocenters. The van der Waals surface area contributed by atoms with Crippen molar-refractivity contribution in [1.82, 2.24) is 14.6 Å². The maximum atomic E-state index is 12.4. The summed E-state index contributed by atoms with van der Waals surface area (Å²) in [7, 11) is -3.66. The van der Waals surface area contributed by atoms with E-state index in [0.717, 1.165) is 13.1 Å². The first-order valence-corrected chi connectivity index (χ1v) is 9.59. The fraction of sp³-hybridized carbons (Fsp3) is 0.615. The van der Waals surface area contributed by atoms with Crippen LogP contribution in [0.1, 0.15) is 26.2 Å². The average molecular weight is 397 g/mol. The zero-order chi connectivity index (χ0) is 15.5. The number of sulfonamides is 1. The van der Waals surface area contributed by atoms with Crippen molar-refractivity contribution in [1.29, 1.82) is 0 Å². The quantitative estimate of drug-likeness (QED) is 0.777.